The quantitative estimate of drug-likeness (QED) is 0.119. The third-order valence-corrected chi connectivity index (χ3v) is 18.4. The maximum atomic E-state index is 4.69. The van der Waals surface area contributed by atoms with E-state index in [0.717, 1.165) is 90.1 Å². The number of hydrogen-bond donors (Lipinski definition) is 0. The second-order valence-electron chi connectivity index (χ2n) is 27.0. The molecular weight excluding hydrogens is 2160 g/mol. The van der Waals surface area contributed by atoms with Crippen LogP contribution >= 0.6 is 0 Å². The van der Waals surface area contributed by atoms with Gasteiger partial charge in [-0.3, -0.25) is 0 Å². The summed E-state index contributed by atoms with van der Waals surface area (Å²) in [4.78, 5) is 31.2. The van der Waals surface area contributed by atoms with Gasteiger partial charge in [0.15, 0.2) is 0 Å². The zero-order valence-corrected chi connectivity index (χ0v) is 76.6. The maximum absolute atomic E-state index is 4.69. The molecule has 7 nitrogen and oxygen atoms in total. The number of aromatic nitrogens is 7. The van der Waals surface area contributed by atoms with Crippen LogP contribution < -0.4 is 0 Å². The molecule has 18 rings (SSSR count). The molecule has 11 heteroatoms. The molecule has 0 saturated heterocycles. The van der Waals surface area contributed by atoms with Crippen LogP contribution in [0, 0.1) is 90.9 Å². The van der Waals surface area contributed by atoms with Crippen molar-refractivity contribution >= 4 is 0 Å². The number of hydrogen-bond acceptors (Lipinski definition) is 7. The molecule has 119 heavy (non-hydrogen) atoms. The van der Waals surface area contributed by atoms with Crippen molar-refractivity contribution in [2.75, 3.05) is 0 Å². The Hall–Kier alpha value is -11.9. The van der Waals surface area contributed by atoms with Crippen molar-refractivity contribution in [1.29, 1.82) is 0 Å². The number of rotatable bonds is 11. The molecule has 11 aromatic carbocycles. The minimum absolute atomic E-state index is 0. The molecule has 0 atom stereocenters. The number of nitrogens with zero attached hydrogens (tertiary/aromatic N) is 7. The Morgan fingerprint density at radius 3 is 0.983 bits per heavy atom. The largest absolute Gasteiger partial charge is 0.305 e. The van der Waals surface area contributed by atoms with Gasteiger partial charge in [0, 0.05) is 140 Å². The van der Waals surface area contributed by atoms with E-state index >= 15 is 0 Å². The first-order valence-corrected chi connectivity index (χ1v) is 38.1. The summed E-state index contributed by atoms with van der Waals surface area (Å²) in [5.41, 5.74) is 32.1. The summed E-state index contributed by atoms with van der Waals surface area (Å²) in [5, 5.41) is 0. The van der Waals surface area contributed by atoms with Crippen LogP contribution in [0.15, 0.2) is 395 Å². The van der Waals surface area contributed by atoms with Gasteiger partial charge in [0.25, 0.3) is 0 Å². The van der Waals surface area contributed by atoms with Crippen molar-refractivity contribution in [2.45, 2.75) is 48.5 Å². The summed E-state index contributed by atoms with van der Waals surface area (Å²) < 4.78 is 0. The first-order chi connectivity index (χ1) is 56.5. The topological polar surface area (TPSA) is 90.2 Å². The van der Waals surface area contributed by atoms with Crippen LogP contribution in [0.3, 0.4) is 0 Å². The number of pyridine rings is 7. The maximum Gasteiger partial charge on any atom is 0.0344 e. The Morgan fingerprint density at radius 2 is 0.571 bits per heavy atom. The monoisotopic (exact) mass is 2250 g/mol. The number of benzene rings is 11. The van der Waals surface area contributed by atoms with E-state index in [4.69, 9.17) is 0 Å². The molecule has 596 valence electrons. The zero-order chi connectivity index (χ0) is 79.6. The Balaban J connectivity index is 0.000000174. The van der Waals surface area contributed by atoms with E-state index in [9.17, 15) is 0 Å². The van der Waals surface area contributed by atoms with Gasteiger partial charge in [-0.1, -0.05) is 194 Å². The molecule has 0 spiro atoms. The van der Waals surface area contributed by atoms with E-state index < -0.39 is 0 Å². The molecule has 0 aliphatic rings. The molecule has 0 saturated carbocycles. The predicted molar refractivity (Wildman–Crippen MR) is 474 cm³/mol. The van der Waals surface area contributed by atoms with E-state index in [1.165, 1.54) is 72.3 Å². The van der Waals surface area contributed by atoms with E-state index in [1.807, 2.05) is 268 Å². The Labute approximate surface area is 756 Å². The molecule has 4 radical (unpaired) electrons. The van der Waals surface area contributed by atoms with Crippen LogP contribution in [0.4, 0.5) is 0 Å². The van der Waals surface area contributed by atoms with Crippen LogP contribution in [-0.4, -0.2) is 34.9 Å². The van der Waals surface area contributed by atoms with Crippen LogP contribution in [0.2, 0.25) is 0 Å². The van der Waals surface area contributed by atoms with E-state index in [0.29, 0.717) is 0 Å². The molecule has 0 aliphatic heterocycles. The molecule has 7 aromatic heterocycles. The molecule has 0 fully saturated rings. The van der Waals surface area contributed by atoms with Gasteiger partial charge in [-0.15, -0.1) is 251 Å². The van der Waals surface area contributed by atoms with Gasteiger partial charge in [0.2, 0.25) is 0 Å². The van der Waals surface area contributed by atoms with Crippen LogP contribution in [0.25, 0.3) is 123 Å². The normalized spacial score (nSPS) is 9.87. The average molecular weight is 2250 g/mol. The molecule has 18 aromatic rings. The fourth-order valence-electron chi connectivity index (χ4n) is 12.4. The average Bonchev–Trinajstić information content (AvgIpc) is 0.819. The second kappa shape index (κ2) is 49.3. The third kappa shape index (κ3) is 28.1. The molecule has 0 bridgehead atoms. The Bertz CT molecular complexity index is 5660. The minimum atomic E-state index is 0. The van der Waals surface area contributed by atoms with Crippen LogP contribution in [-0.2, 0) is 80.4 Å². The summed E-state index contributed by atoms with van der Waals surface area (Å²) in [7, 11) is 0. The third-order valence-electron chi connectivity index (χ3n) is 18.4. The van der Waals surface area contributed by atoms with Crippen molar-refractivity contribution < 1.29 is 80.4 Å². The van der Waals surface area contributed by atoms with Crippen molar-refractivity contribution in [3.8, 4) is 123 Å². The standard InChI is InChI=1S/C20H18N.3C18H14N.C12H10N.2C11H8N.4Ir/c1-14-6-4-8-17(10-14)19-13-21-20(12-16(19)3)18-9-5-7-15(2)11-18;1-14-12-18(16-10-6-3-7-11-16)19-13-17(14)15-8-4-2-5-9-15;1-14-17(15-8-4-2-5-9-15)12-13-18(19-14)16-10-6-3-7-11-16;1-14-7-5-6-10-17(14)16-11-12-18(19-13-16)15-8-3-2-4-9-15;1-10-7-8-12(13-9-10)11-5-3-2-4-6-11;2*1-2-6-10(7-3-1)11-8-4-5-9-12-11;;;;/h4-8,10-13H,1-3H3;2*2-10,12-13H,1H3;2-8,10-13H,1H3;2-5,7-9H,1H3;2*1-6,8-9H;;;;/q7*-1;;;;. The number of aryl methyl sites for hydroxylation is 7. The second-order valence-corrected chi connectivity index (χ2v) is 27.0. The summed E-state index contributed by atoms with van der Waals surface area (Å²) in [5.74, 6) is 0. The van der Waals surface area contributed by atoms with Gasteiger partial charge in [0.05, 0.1) is 0 Å². The molecular formula is C108H86Ir4N7-7. The predicted octanol–water partition coefficient (Wildman–Crippen LogP) is 26.7. The van der Waals surface area contributed by atoms with Gasteiger partial charge in [-0.2, -0.15) is 0 Å². The zero-order valence-electron chi connectivity index (χ0n) is 67.0. The van der Waals surface area contributed by atoms with E-state index in [-0.39, 0.29) is 80.4 Å². The summed E-state index contributed by atoms with van der Waals surface area (Å²) in [6, 6.07) is 142. The fourth-order valence-corrected chi connectivity index (χ4v) is 12.4. The van der Waals surface area contributed by atoms with Crippen molar-refractivity contribution in [3.63, 3.8) is 0 Å². The minimum Gasteiger partial charge on any atom is -0.305 e. The molecule has 0 amide bonds. The summed E-state index contributed by atoms with van der Waals surface area (Å²) in [6.07, 6.45) is 11.3. The van der Waals surface area contributed by atoms with Gasteiger partial charge < -0.3 is 34.9 Å². The van der Waals surface area contributed by atoms with Crippen molar-refractivity contribution in [3.05, 3.63) is 477 Å². The van der Waals surface area contributed by atoms with Crippen molar-refractivity contribution in [1.82, 2.24) is 34.9 Å². The SMILES string of the molecule is Cc1cc(-c2[c-]cccc2)ncc1-c1ccccc1.Cc1cc[c-]c(-c2cc(C)c(-c3cccc(C)c3)cn2)c1.Cc1ccc(-c2[c-]cccc2)nc1.Cc1ccccc1-c1ccc(-c2[c-]cccc2)nc1.Cc1nc(-c2[c-]cccc2)ccc1-c1ccccc1.[Ir].[Ir].[Ir].[Ir].[c-]1ccccc1-c1ccccn1.[c-]1ccccc1-c1ccccn1. The Kier molecular flexibility index (Phi) is 38.4. The van der Waals surface area contributed by atoms with Gasteiger partial charge in [0.1, 0.15) is 0 Å². The fraction of sp³-hybridized carbons (Fsp3) is 0.0648. The van der Waals surface area contributed by atoms with E-state index in [1.54, 1.807) is 12.4 Å². The summed E-state index contributed by atoms with van der Waals surface area (Å²) >= 11 is 0. The summed E-state index contributed by atoms with van der Waals surface area (Å²) in [6.45, 7) is 14.7. The van der Waals surface area contributed by atoms with Crippen LogP contribution in [0.5, 0.6) is 0 Å². The van der Waals surface area contributed by atoms with Crippen molar-refractivity contribution in [2.24, 2.45) is 0 Å². The molecule has 7 heterocycles. The first-order valence-electron chi connectivity index (χ1n) is 38.1. The molecule has 0 aliphatic carbocycles. The smallest absolute Gasteiger partial charge is 0.0344 e. The van der Waals surface area contributed by atoms with Gasteiger partial charge in [-0.05, 0) is 144 Å². The molecule has 0 unspecified atom stereocenters. The molecule has 0 N–H and O–H groups in total. The van der Waals surface area contributed by atoms with Gasteiger partial charge >= 0.3 is 0 Å². The van der Waals surface area contributed by atoms with E-state index in [2.05, 4.69) is 240 Å². The first kappa shape index (κ1) is 92.6. The van der Waals surface area contributed by atoms with Gasteiger partial charge in [-0.25, -0.2) is 0 Å². The van der Waals surface area contributed by atoms with Crippen LogP contribution in [0.1, 0.15) is 39.1 Å². The Morgan fingerprint density at radius 1 is 0.193 bits per heavy atom.